The molecule has 0 atom stereocenters. The van der Waals surface area contributed by atoms with Crippen molar-refractivity contribution < 1.29 is 24.2 Å². The summed E-state index contributed by atoms with van der Waals surface area (Å²) in [6.45, 7) is 0.524. The van der Waals surface area contributed by atoms with Crippen LogP contribution in [0.5, 0.6) is 0 Å². The summed E-state index contributed by atoms with van der Waals surface area (Å²) in [7, 11) is 1.13. The number of hydrogen-bond donors (Lipinski definition) is 1. The number of esters is 2. The Hall–Kier alpha value is -2.10. The molecule has 1 N–H and O–H groups in total. The Morgan fingerprint density at radius 2 is 2.07 bits per heavy atom. The molecule has 0 aromatic rings. The summed E-state index contributed by atoms with van der Waals surface area (Å²) >= 11 is 0. The van der Waals surface area contributed by atoms with Crippen LogP contribution in [0.25, 0.3) is 4.98 Å². The highest BCUT2D eigenvalue weighted by Gasteiger charge is 2.29. The first-order valence-corrected chi connectivity index (χ1v) is 3.51. The molecule has 0 aliphatic heterocycles. The maximum Gasteiger partial charge on any atom is 0.504 e. The molecule has 0 bridgehead atoms. The second-order valence-electron chi connectivity index (χ2n) is 2.19. The molecule has 0 radical (unpaired) electrons. The minimum Gasteiger partial charge on any atom is -0.505 e. The number of ether oxygens (including phenoxy) is 2. The van der Waals surface area contributed by atoms with Gasteiger partial charge in [0.1, 0.15) is 0 Å². The lowest BCUT2D eigenvalue weighted by Crippen LogP contribution is -2.16. The Balaban J connectivity index is 4.31. The second kappa shape index (κ2) is 5.53. The molecule has 0 saturated carbocycles. The molecule has 0 unspecified atom stereocenters. The minimum absolute atomic E-state index is 0.512. The van der Waals surface area contributed by atoms with Gasteiger partial charge in [-0.15, -0.1) is 0 Å². The van der Waals surface area contributed by atoms with Crippen LogP contribution in [0.3, 0.4) is 0 Å². The first-order valence-electron chi connectivity index (χ1n) is 3.51. The smallest absolute Gasteiger partial charge is 0.504 e. The standard InChI is InChI=1S/C7H8N2O5/c1-4(10)6(9-8)7(12)14-3-5(11)13-2/h3H2,1-2H3/p+1. The lowest BCUT2D eigenvalue weighted by Gasteiger charge is -1.97. The van der Waals surface area contributed by atoms with E-state index in [1.807, 2.05) is 0 Å². The summed E-state index contributed by atoms with van der Waals surface area (Å²) in [4.78, 5) is 24.0. The van der Waals surface area contributed by atoms with Gasteiger partial charge in [-0.2, -0.15) is 0 Å². The van der Waals surface area contributed by atoms with E-state index in [9.17, 15) is 9.59 Å². The first kappa shape index (κ1) is 11.9. The van der Waals surface area contributed by atoms with Crippen LogP contribution < -0.4 is 0 Å². The van der Waals surface area contributed by atoms with E-state index in [2.05, 4.69) is 14.4 Å². The van der Waals surface area contributed by atoms with Crippen molar-refractivity contribution in [1.82, 2.24) is 0 Å². The monoisotopic (exact) mass is 201 g/mol. The number of hydrogen-bond acceptors (Lipinski definition) is 6. The molecule has 0 fully saturated rings. The molecule has 0 saturated heterocycles. The van der Waals surface area contributed by atoms with Crippen LogP contribution in [0, 0.1) is 5.39 Å². The van der Waals surface area contributed by atoms with E-state index >= 15 is 0 Å². The number of aliphatic hydroxyl groups is 1. The van der Waals surface area contributed by atoms with Crippen LogP contribution in [0.2, 0.25) is 0 Å². The number of nitrogens with zero attached hydrogens (tertiary/aromatic N) is 2. The number of allylic oxidation sites excluding steroid dienone is 1. The van der Waals surface area contributed by atoms with Crippen molar-refractivity contribution in [3.63, 3.8) is 0 Å². The second-order valence-corrected chi connectivity index (χ2v) is 2.19. The van der Waals surface area contributed by atoms with Gasteiger partial charge >= 0.3 is 17.6 Å². The third-order valence-corrected chi connectivity index (χ3v) is 1.18. The maximum atomic E-state index is 10.9. The summed E-state index contributed by atoms with van der Waals surface area (Å²) in [6.07, 6.45) is 0. The SMILES string of the molecule is COC(=O)COC(=O)/C([N+]#N)=C(/C)O. The summed E-state index contributed by atoms with van der Waals surface area (Å²) in [5, 5.41) is 17.1. The van der Waals surface area contributed by atoms with Gasteiger partial charge in [0.2, 0.25) is 5.39 Å². The van der Waals surface area contributed by atoms with Crippen molar-refractivity contribution in [3.05, 3.63) is 16.4 Å². The van der Waals surface area contributed by atoms with Crippen LogP contribution in [-0.2, 0) is 19.1 Å². The van der Waals surface area contributed by atoms with Crippen LogP contribution in [0.4, 0.5) is 0 Å². The minimum atomic E-state index is -1.11. The number of diazo groups is 1. The molecular weight excluding hydrogens is 192 g/mol. The fourth-order valence-corrected chi connectivity index (χ4v) is 0.513. The zero-order chi connectivity index (χ0) is 11.1. The van der Waals surface area contributed by atoms with Gasteiger partial charge in [0, 0.05) is 6.92 Å². The molecule has 0 aliphatic rings. The Kier molecular flexibility index (Phi) is 4.70. The molecule has 0 aromatic carbocycles. The topological polar surface area (TPSA) is 101 Å². The average molecular weight is 201 g/mol. The number of carbonyl (C=O) groups is 2. The van der Waals surface area contributed by atoms with E-state index in [0.717, 1.165) is 14.0 Å². The lowest BCUT2D eigenvalue weighted by molar-refractivity contribution is -0.154. The maximum absolute atomic E-state index is 10.9. The third-order valence-electron chi connectivity index (χ3n) is 1.18. The van der Waals surface area contributed by atoms with E-state index in [1.54, 1.807) is 0 Å². The van der Waals surface area contributed by atoms with Crippen LogP contribution in [0.1, 0.15) is 6.92 Å². The highest BCUT2D eigenvalue weighted by molar-refractivity contribution is 5.91. The normalized spacial score (nSPS) is 10.9. The molecule has 0 spiro atoms. The molecule has 0 aromatic heterocycles. The van der Waals surface area contributed by atoms with Crippen LogP contribution in [0.15, 0.2) is 11.5 Å². The van der Waals surface area contributed by atoms with E-state index in [-0.39, 0.29) is 0 Å². The first-order chi connectivity index (χ1) is 6.52. The third kappa shape index (κ3) is 3.53. The van der Waals surface area contributed by atoms with Crippen molar-refractivity contribution in [2.24, 2.45) is 0 Å². The number of carbonyl (C=O) groups excluding carboxylic acids is 2. The predicted molar refractivity (Wildman–Crippen MR) is 43.4 cm³/mol. The van der Waals surface area contributed by atoms with E-state index in [1.165, 1.54) is 0 Å². The summed E-state index contributed by atoms with van der Waals surface area (Å²) in [5.74, 6) is -2.38. The van der Waals surface area contributed by atoms with Gasteiger partial charge in [-0.25, -0.2) is 9.59 Å². The largest absolute Gasteiger partial charge is 0.505 e. The Bertz CT molecular complexity index is 311. The van der Waals surface area contributed by atoms with Crippen molar-refractivity contribution in [2.75, 3.05) is 13.7 Å². The van der Waals surface area contributed by atoms with Crippen molar-refractivity contribution in [1.29, 1.82) is 5.39 Å². The molecule has 76 valence electrons. The molecule has 0 rings (SSSR count). The van der Waals surface area contributed by atoms with E-state index in [4.69, 9.17) is 10.5 Å². The number of aliphatic hydroxyl groups excluding tert-OH is 1. The van der Waals surface area contributed by atoms with Gasteiger partial charge in [-0.05, 0) is 0 Å². The van der Waals surface area contributed by atoms with Crippen LogP contribution in [-0.4, -0.2) is 30.8 Å². The summed E-state index contributed by atoms with van der Waals surface area (Å²) in [5.41, 5.74) is -0.658. The van der Waals surface area contributed by atoms with E-state index < -0.39 is 30.0 Å². The molecule has 7 nitrogen and oxygen atoms in total. The average Bonchev–Trinajstić information content (AvgIpc) is 2.14. The fourth-order valence-electron chi connectivity index (χ4n) is 0.513. The summed E-state index contributed by atoms with van der Waals surface area (Å²) < 4.78 is 8.51. The Labute approximate surface area is 79.5 Å². The quantitative estimate of drug-likeness (QED) is 0.306. The highest BCUT2D eigenvalue weighted by atomic mass is 16.6. The predicted octanol–water partition coefficient (Wildman–Crippen LogP) is 0.345. The van der Waals surface area contributed by atoms with Crippen molar-refractivity contribution in [3.8, 4) is 0 Å². The zero-order valence-corrected chi connectivity index (χ0v) is 7.68. The number of methoxy groups -OCH3 is 1. The van der Waals surface area contributed by atoms with Crippen molar-refractivity contribution in [2.45, 2.75) is 6.92 Å². The Morgan fingerprint density at radius 1 is 1.50 bits per heavy atom. The molecule has 14 heavy (non-hydrogen) atoms. The molecule has 0 amide bonds. The molecule has 0 aliphatic carbocycles. The molecule has 0 heterocycles. The highest BCUT2D eigenvalue weighted by Crippen LogP contribution is 2.04. The van der Waals surface area contributed by atoms with Crippen molar-refractivity contribution >= 4 is 11.9 Å². The number of rotatable bonds is 3. The summed E-state index contributed by atoms with van der Waals surface area (Å²) in [6, 6.07) is 0. The van der Waals surface area contributed by atoms with Gasteiger partial charge < -0.3 is 14.6 Å². The Morgan fingerprint density at radius 3 is 2.43 bits per heavy atom. The lowest BCUT2D eigenvalue weighted by atomic mass is 10.4. The van der Waals surface area contributed by atoms with Gasteiger partial charge in [-0.1, -0.05) is 0 Å². The zero-order valence-electron chi connectivity index (χ0n) is 7.68. The van der Waals surface area contributed by atoms with Crippen LogP contribution >= 0.6 is 0 Å². The van der Waals surface area contributed by atoms with E-state index in [0.29, 0.717) is 0 Å². The van der Waals surface area contributed by atoms with Gasteiger partial charge in [0.25, 0.3) is 0 Å². The fraction of sp³-hybridized carbons (Fsp3) is 0.429. The van der Waals surface area contributed by atoms with Gasteiger partial charge in [0.15, 0.2) is 17.3 Å². The molecular formula is C7H9N2O5+. The molecule has 7 heteroatoms. The van der Waals surface area contributed by atoms with Gasteiger partial charge in [0.05, 0.1) is 7.11 Å². The van der Waals surface area contributed by atoms with Gasteiger partial charge in [-0.3, -0.25) is 0 Å².